The van der Waals surface area contributed by atoms with E-state index < -0.39 is 0 Å². The van der Waals surface area contributed by atoms with Gasteiger partial charge in [-0.3, -0.25) is 4.79 Å². The highest BCUT2D eigenvalue weighted by Gasteiger charge is 2.16. The lowest BCUT2D eigenvalue weighted by Crippen LogP contribution is -2.14. The van der Waals surface area contributed by atoms with Crippen LogP contribution < -0.4 is 10.2 Å². The van der Waals surface area contributed by atoms with Crippen molar-refractivity contribution in [2.24, 2.45) is 0 Å². The average Bonchev–Trinajstić information content (AvgIpc) is 2.81. The van der Waals surface area contributed by atoms with Gasteiger partial charge in [0.05, 0.1) is 12.4 Å². The normalized spacial score (nSPS) is 13.2. The highest BCUT2D eigenvalue weighted by Crippen LogP contribution is 2.29. The quantitative estimate of drug-likeness (QED) is 0.917. The maximum absolute atomic E-state index is 12.1. The molecule has 1 amide bonds. The smallest absolute Gasteiger partial charge is 0.275 e. The molecule has 0 fully saturated rings. The summed E-state index contributed by atoms with van der Waals surface area (Å²) in [6.45, 7) is 1.02. The van der Waals surface area contributed by atoms with Crippen LogP contribution in [0.15, 0.2) is 35.2 Å². The zero-order chi connectivity index (χ0) is 14.1. The van der Waals surface area contributed by atoms with Gasteiger partial charge in [0.2, 0.25) is 0 Å². The summed E-state index contributed by atoms with van der Waals surface area (Å²) in [5.74, 6) is -0.253. The molecule has 1 aliphatic heterocycles. The number of fused-ring (bicyclic) bond motifs is 1. The van der Waals surface area contributed by atoms with Crippen LogP contribution in [0.1, 0.15) is 16.1 Å². The van der Waals surface area contributed by atoms with E-state index in [4.69, 9.17) is 0 Å². The fourth-order valence-corrected chi connectivity index (χ4v) is 2.47. The van der Waals surface area contributed by atoms with Gasteiger partial charge in [-0.15, -0.1) is 0 Å². The molecule has 6 heteroatoms. The molecule has 0 unspecified atom stereocenters. The Morgan fingerprint density at radius 3 is 2.95 bits per heavy atom. The first kappa shape index (κ1) is 13.1. The zero-order valence-corrected chi connectivity index (χ0v) is 12.5. The minimum Gasteiger partial charge on any atom is -0.374 e. The molecule has 0 saturated carbocycles. The third-order valence-corrected chi connectivity index (χ3v) is 3.73. The third-order valence-electron chi connectivity index (χ3n) is 3.32. The number of rotatable bonds is 2. The molecule has 2 heterocycles. The molecule has 102 valence electrons. The van der Waals surface area contributed by atoms with E-state index in [-0.39, 0.29) is 5.91 Å². The van der Waals surface area contributed by atoms with Crippen molar-refractivity contribution in [1.29, 1.82) is 0 Å². The number of anilines is 2. The second-order valence-electron chi connectivity index (χ2n) is 4.69. The Balaban J connectivity index is 1.78. The standard InChI is InChI=1S/C14H13BrN4O/c1-19-5-4-9-6-10(2-3-12(9)19)18-14(20)11-7-17-13(15)8-16-11/h2-3,6-8H,4-5H2,1H3,(H,18,20). The minimum atomic E-state index is -0.253. The van der Waals surface area contributed by atoms with Gasteiger partial charge >= 0.3 is 0 Å². The predicted molar refractivity (Wildman–Crippen MR) is 81.1 cm³/mol. The number of hydrogen-bond acceptors (Lipinski definition) is 4. The highest BCUT2D eigenvalue weighted by atomic mass is 79.9. The molecule has 0 saturated heterocycles. The Labute approximate surface area is 125 Å². The molecule has 0 atom stereocenters. The first-order valence-electron chi connectivity index (χ1n) is 6.26. The van der Waals surface area contributed by atoms with Crippen LogP contribution in [-0.4, -0.2) is 29.5 Å². The Morgan fingerprint density at radius 1 is 1.35 bits per heavy atom. The van der Waals surface area contributed by atoms with E-state index in [2.05, 4.69) is 43.2 Å². The second kappa shape index (κ2) is 5.20. The summed E-state index contributed by atoms with van der Waals surface area (Å²) in [5.41, 5.74) is 3.57. The predicted octanol–water partition coefficient (Wildman–Crippen LogP) is 2.48. The van der Waals surface area contributed by atoms with E-state index in [9.17, 15) is 4.79 Å². The van der Waals surface area contributed by atoms with Crippen LogP contribution in [0, 0.1) is 0 Å². The molecule has 2 aromatic rings. The maximum Gasteiger partial charge on any atom is 0.275 e. The number of aromatic nitrogens is 2. The Hall–Kier alpha value is -1.95. The number of carbonyl (C=O) groups excluding carboxylic acids is 1. The van der Waals surface area contributed by atoms with Crippen molar-refractivity contribution in [2.75, 3.05) is 23.8 Å². The van der Waals surface area contributed by atoms with E-state index in [1.165, 1.54) is 23.6 Å². The minimum absolute atomic E-state index is 0.253. The molecular weight excluding hydrogens is 320 g/mol. The highest BCUT2D eigenvalue weighted by molar-refractivity contribution is 9.10. The van der Waals surface area contributed by atoms with Crippen molar-refractivity contribution in [3.8, 4) is 0 Å². The Kier molecular flexibility index (Phi) is 3.40. The first-order chi connectivity index (χ1) is 9.63. The van der Waals surface area contributed by atoms with Gasteiger partial charge in [-0.05, 0) is 46.1 Å². The molecule has 1 N–H and O–H groups in total. The molecule has 5 nitrogen and oxygen atoms in total. The summed E-state index contributed by atoms with van der Waals surface area (Å²) in [5, 5.41) is 2.85. The van der Waals surface area contributed by atoms with Crippen molar-refractivity contribution in [1.82, 2.24) is 9.97 Å². The summed E-state index contributed by atoms with van der Waals surface area (Å²) in [6, 6.07) is 5.96. The second-order valence-corrected chi connectivity index (χ2v) is 5.51. The largest absolute Gasteiger partial charge is 0.374 e. The van der Waals surface area contributed by atoms with E-state index in [1.54, 1.807) is 0 Å². The number of carbonyl (C=O) groups is 1. The van der Waals surface area contributed by atoms with Gasteiger partial charge in [0.1, 0.15) is 10.3 Å². The molecule has 0 radical (unpaired) electrons. The Bertz CT molecular complexity index is 657. The van der Waals surface area contributed by atoms with Crippen LogP contribution >= 0.6 is 15.9 Å². The molecule has 0 bridgehead atoms. The van der Waals surface area contributed by atoms with E-state index in [1.807, 2.05) is 18.2 Å². The number of halogens is 1. The van der Waals surface area contributed by atoms with Crippen LogP contribution in [0.5, 0.6) is 0 Å². The van der Waals surface area contributed by atoms with Gasteiger partial charge in [-0.25, -0.2) is 9.97 Å². The van der Waals surface area contributed by atoms with Gasteiger partial charge in [0.15, 0.2) is 0 Å². The zero-order valence-electron chi connectivity index (χ0n) is 10.9. The number of nitrogens with zero attached hydrogens (tertiary/aromatic N) is 3. The Morgan fingerprint density at radius 2 is 2.20 bits per heavy atom. The van der Waals surface area contributed by atoms with Crippen molar-refractivity contribution in [2.45, 2.75) is 6.42 Å². The van der Waals surface area contributed by atoms with Crippen LogP contribution in [-0.2, 0) is 6.42 Å². The van der Waals surface area contributed by atoms with Crippen LogP contribution in [0.4, 0.5) is 11.4 Å². The summed E-state index contributed by atoms with van der Waals surface area (Å²) < 4.78 is 0.606. The van der Waals surface area contributed by atoms with E-state index in [0.717, 1.165) is 18.7 Å². The molecule has 3 rings (SSSR count). The topological polar surface area (TPSA) is 58.1 Å². The molecule has 1 aliphatic rings. The molecule has 20 heavy (non-hydrogen) atoms. The van der Waals surface area contributed by atoms with Gasteiger partial charge in [0, 0.05) is 25.0 Å². The van der Waals surface area contributed by atoms with Crippen LogP contribution in [0.25, 0.3) is 0 Å². The lowest BCUT2D eigenvalue weighted by molar-refractivity contribution is 0.102. The molecule has 1 aromatic carbocycles. The number of hydrogen-bond donors (Lipinski definition) is 1. The molecular formula is C14H13BrN4O. The summed E-state index contributed by atoms with van der Waals surface area (Å²) >= 11 is 3.19. The number of amides is 1. The van der Waals surface area contributed by atoms with Crippen molar-refractivity contribution < 1.29 is 4.79 Å². The number of nitrogens with one attached hydrogen (secondary N) is 1. The lowest BCUT2D eigenvalue weighted by atomic mass is 10.1. The third kappa shape index (κ3) is 2.51. The van der Waals surface area contributed by atoms with Crippen molar-refractivity contribution >= 4 is 33.2 Å². The van der Waals surface area contributed by atoms with Crippen molar-refractivity contribution in [3.63, 3.8) is 0 Å². The van der Waals surface area contributed by atoms with Gasteiger partial charge in [-0.1, -0.05) is 0 Å². The number of likely N-dealkylation sites (N-methyl/N-ethyl adjacent to an activating group) is 1. The van der Waals surface area contributed by atoms with Crippen LogP contribution in [0.3, 0.4) is 0 Å². The first-order valence-corrected chi connectivity index (χ1v) is 7.06. The lowest BCUT2D eigenvalue weighted by Gasteiger charge is -2.12. The summed E-state index contributed by atoms with van der Waals surface area (Å²) in [4.78, 5) is 22.3. The average molecular weight is 333 g/mol. The van der Waals surface area contributed by atoms with Crippen molar-refractivity contribution in [3.05, 3.63) is 46.5 Å². The summed E-state index contributed by atoms with van der Waals surface area (Å²) in [6.07, 6.45) is 3.96. The van der Waals surface area contributed by atoms with Gasteiger partial charge < -0.3 is 10.2 Å². The monoisotopic (exact) mass is 332 g/mol. The van der Waals surface area contributed by atoms with Gasteiger partial charge in [0.25, 0.3) is 5.91 Å². The fraction of sp³-hybridized carbons (Fsp3) is 0.214. The fourth-order valence-electron chi connectivity index (χ4n) is 2.27. The molecule has 1 aromatic heterocycles. The maximum atomic E-state index is 12.1. The summed E-state index contributed by atoms with van der Waals surface area (Å²) in [7, 11) is 2.07. The van der Waals surface area contributed by atoms with Crippen LogP contribution in [0.2, 0.25) is 0 Å². The van der Waals surface area contributed by atoms with E-state index in [0.29, 0.717) is 10.3 Å². The molecule has 0 spiro atoms. The van der Waals surface area contributed by atoms with E-state index >= 15 is 0 Å². The number of benzene rings is 1. The molecule has 0 aliphatic carbocycles. The van der Waals surface area contributed by atoms with Gasteiger partial charge in [-0.2, -0.15) is 0 Å². The SMILES string of the molecule is CN1CCc2cc(NC(=O)c3cnc(Br)cn3)ccc21.